The lowest BCUT2D eigenvalue weighted by molar-refractivity contribution is 0.0975. The van der Waals surface area contributed by atoms with Gasteiger partial charge in [0.15, 0.2) is 0 Å². The summed E-state index contributed by atoms with van der Waals surface area (Å²) in [6.07, 6.45) is -2.35. The third-order valence-corrected chi connectivity index (χ3v) is 2.53. The van der Waals surface area contributed by atoms with Crippen LogP contribution in [0.3, 0.4) is 0 Å². The number of nitrogens with zero attached hydrogens (tertiary/aromatic N) is 1. The lowest BCUT2D eigenvalue weighted by Gasteiger charge is -2.17. The van der Waals surface area contributed by atoms with Gasteiger partial charge in [0.2, 0.25) is 0 Å². The van der Waals surface area contributed by atoms with Crippen LogP contribution in [0.25, 0.3) is 0 Å². The van der Waals surface area contributed by atoms with Gasteiger partial charge in [0.25, 0.3) is 6.43 Å². The number of halogens is 2. The van der Waals surface area contributed by atoms with Crippen molar-refractivity contribution in [3.05, 3.63) is 29.3 Å². The highest BCUT2D eigenvalue weighted by Crippen LogP contribution is 2.18. The molecule has 0 saturated carbocycles. The summed E-state index contributed by atoms with van der Waals surface area (Å²) in [6.45, 7) is 0.370. The number of rotatable bonds is 5. The second-order valence-corrected chi connectivity index (χ2v) is 4.12. The summed E-state index contributed by atoms with van der Waals surface area (Å²) in [5, 5.41) is 0. The van der Waals surface area contributed by atoms with Gasteiger partial charge in [0.05, 0.1) is 20.2 Å². The van der Waals surface area contributed by atoms with Gasteiger partial charge in [-0.15, -0.1) is 0 Å². The molecule has 0 atom stereocenters. The highest BCUT2D eigenvalue weighted by atomic mass is 19.3. The lowest BCUT2D eigenvalue weighted by atomic mass is 10.1. The number of ether oxygens (including phenoxy) is 1. The summed E-state index contributed by atoms with van der Waals surface area (Å²) in [6, 6.07) is 5.41. The van der Waals surface area contributed by atoms with E-state index in [1.54, 1.807) is 25.1 Å². The Balaban J connectivity index is 2.94. The normalized spacial score (nSPS) is 10.5. The molecular formula is C14H18F2N2O. The molecule has 2 N–H and O–H groups in total. The minimum atomic E-state index is -2.35. The van der Waals surface area contributed by atoms with Crippen molar-refractivity contribution in [3.63, 3.8) is 0 Å². The van der Waals surface area contributed by atoms with E-state index in [0.717, 1.165) is 11.1 Å². The van der Waals surface area contributed by atoms with Crippen molar-refractivity contribution in [2.75, 3.05) is 27.2 Å². The molecule has 0 saturated heterocycles. The molecule has 0 fully saturated rings. The van der Waals surface area contributed by atoms with Crippen LogP contribution in [0, 0.1) is 11.8 Å². The molecule has 0 aliphatic rings. The first-order valence-corrected chi connectivity index (χ1v) is 5.89. The summed E-state index contributed by atoms with van der Waals surface area (Å²) in [5.74, 6) is 6.38. The summed E-state index contributed by atoms with van der Waals surface area (Å²) in [5.41, 5.74) is 6.98. The number of alkyl halides is 2. The zero-order chi connectivity index (χ0) is 14.3. The van der Waals surface area contributed by atoms with Crippen LogP contribution < -0.4 is 10.5 Å². The van der Waals surface area contributed by atoms with E-state index in [1.165, 1.54) is 0 Å². The Kier molecular flexibility index (Phi) is 6.26. The molecule has 0 radical (unpaired) electrons. The average Bonchev–Trinajstić information content (AvgIpc) is 2.36. The highest BCUT2D eigenvalue weighted by Gasteiger charge is 2.10. The van der Waals surface area contributed by atoms with Crippen LogP contribution >= 0.6 is 0 Å². The van der Waals surface area contributed by atoms with Crippen molar-refractivity contribution in [2.24, 2.45) is 5.73 Å². The fourth-order valence-corrected chi connectivity index (χ4v) is 1.69. The largest absolute Gasteiger partial charge is 0.497 e. The quantitative estimate of drug-likeness (QED) is 0.826. The van der Waals surface area contributed by atoms with E-state index in [4.69, 9.17) is 10.5 Å². The molecule has 0 amide bonds. The number of hydrogen-bond acceptors (Lipinski definition) is 3. The number of nitrogens with two attached hydrogens (primary N) is 1. The zero-order valence-electron chi connectivity index (χ0n) is 11.1. The van der Waals surface area contributed by atoms with Crippen molar-refractivity contribution in [2.45, 2.75) is 13.0 Å². The molecule has 0 heterocycles. The van der Waals surface area contributed by atoms with E-state index < -0.39 is 6.43 Å². The highest BCUT2D eigenvalue weighted by molar-refractivity contribution is 5.45. The Morgan fingerprint density at radius 1 is 1.42 bits per heavy atom. The SMILES string of the molecule is COc1ccc(C#CCN)c(CN(C)CC(F)F)c1. The van der Waals surface area contributed by atoms with Crippen LogP contribution in [0.2, 0.25) is 0 Å². The molecule has 0 bridgehead atoms. The van der Waals surface area contributed by atoms with Gasteiger partial charge in [-0.1, -0.05) is 11.8 Å². The van der Waals surface area contributed by atoms with E-state index in [2.05, 4.69) is 11.8 Å². The van der Waals surface area contributed by atoms with E-state index in [0.29, 0.717) is 12.3 Å². The molecule has 0 aliphatic heterocycles. The fourth-order valence-electron chi connectivity index (χ4n) is 1.69. The molecule has 1 aromatic rings. The number of methoxy groups -OCH3 is 1. The van der Waals surface area contributed by atoms with Gasteiger partial charge in [-0.05, 0) is 30.8 Å². The van der Waals surface area contributed by atoms with Crippen LogP contribution in [0.5, 0.6) is 5.75 Å². The van der Waals surface area contributed by atoms with Crippen molar-refractivity contribution >= 4 is 0 Å². The maximum absolute atomic E-state index is 12.3. The Hall–Kier alpha value is -1.64. The monoisotopic (exact) mass is 268 g/mol. The minimum absolute atomic E-state index is 0.262. The first kappa shape index (κ1) is 15.4. The Labute approximate surface area is 112 Å². The van der Waals surface area contributed by atoms with Crippen molar-refractivity contribution < 1.29 is 13.5 Å². The van der Waals surface area contributed by atoms with E-state index >= 15 is 0 Å². The van der Waals surface area contributed by atoms with Crippen LogP contribution in [0.4, 0.5) is 8.78 Å². The molecule has 104 valence electrons. The van der Waals surface area contributed by atoms with E-state index in [9.17, 15) is 8.78 Å². The van der Waals surface area contributed by atoms with Crippen LogP contribution in [0.15, 0.2) is 18.2 Å². The summed E-state index contributed by atoms with van der Waals surface area (Å²) < 4.78 is 29.8. The molecule has 0 spiro atoms. The zero-order valence-corrected chi connectivity index (χ0v) is 11.1. The van der Waals surface area contributed by atoms with Gasteiger partial charge >= 0.3 is 0 Å². The third-order valence-electron chi connectivity index (χ3n) is 2.53. The smallest absolute Gasteiger partial charge is 0.251 e. The molecule has 5 heteroatoms. The molecule has 1 aromatic carbocycles. The summed E-state index contributed by atoms with van der Waals surface area (Å²) in [7, 11) is 3.21. The summed E-state index contributed by atoms with van der Waals surface area (Å²) in [4.78, 5) is 1.55. The van der Waals surface area contributed by atoms with Crippen molar-refractivity contribution in [1.82, 2.24) is 4.90 Å². The van der Waals surface area contributed by atoms with Gasteiger partial charge in [-0.2, -0.15) is 0 Å². The second kappa shape index (κ2) is 7.72. The van der Waals surface area contributed by atoms with Gasteiger partial charge in [0, 0.05) is 12.1 Å². The second-order valence-electron chi connectivity index (χ2n) is 4.12. The lowest BCUT2D eigenvalue weighted by Crippen LogP contribution is -2.24. The fraction of sp³-hybridized carbons (Fsp3) is 0.429. The van der Waals surface area contributed by atoms with Gasteiger partial charge in [-0.3, -0.25) is 4.90 Å². The van der Waals surface area contributed by atoms with Crippen molar-refractivity contribution in [3.8, 4) is 17.6 Å². The number of benzene rings is 1. The predicted molar refractivity (Wildman–Crippen MR) is 71.3 cm³/mol. The number of hydrogen-bond donors (Lipinski definition) is 1. The van der Waals surface area contributed by atoms with Gasteiger partial charge < -0.3 is 10.5 Å². The molecule has 1 rings (SSSR count). The first-order chi connectivity index (χ1) is 9.06. The topological polar surface area (TPSA) is 38.5 Å². The van der Waals surface area contributed by atoms with E-state index in [-0.39, 0.29) is 13.1 Å². The molecular weight excluding hydrogens is 250 g/mol. The average molecular weight is 268 g/mol. The predicted octanol–water partition coefficient (Wildman–Crippen LogP) is 1.70. The third kappa shape index (κ3) is 5.25. The maximum Gasteiger partial charge on any atom is 0.251 e. The Morgan fingerprint density at radius 3 is 2.74 bits per heavy atom. The molecule has 3 nitrogen and oxygen atoms in total. The first-order valence-electron chi connectivity index (χ1n) is 5.89. The molecule has 0 unspecified atom stereocenters. The molecule has 0 aromatic heterocycles. The van der Waals surface area contributed by atoms with E-state index in [1.807, 2.05) is 12.1 Å². The standard InChI is InChI=1S/C14H18F2N2O/c1-18(10-14(15)16)9-12-8-13(19-2)6-5-11(12)4-3-7-17/h5-6,8,14H,7,9-10,17H2,1-2H3. The molecule has 0 aliphatic carbocycles. The van der Waals surface area contributed by atoms with Crippen molar-refractivity contribution in [1.29, 1.82) is 0 Å². The Bertz CT molecular complexity index is 466. The van der Waals surface area contributed by atoms with Crippen LogP contribution in [0.1, 0.15) is 11.1 Å². The Morgan fingerprint density at radius 2 is 2.16 bits per heavy atom. The van der Waals surface area contributed by atoms with Crippen LogP contribution in [-0.4, -0.2) is 38.6 Å². The van der Waals surface area contributed by atoms with Gasteiger partial charge in [0.1, 0.15) is 5.75 Å². The van der Waals surface area contributed by atoms with Gasteiger partial charge in [-0.25, -0.2) is 8.78 Å². The van der Waals surface area contributed by atoms with Crippen LogP contribution in [-0.2, 0) is 6.54 Å². The maximum atomic E-state index is 12.3. The minimum Gasteiger partial charge on any atom is -0.497 e. The summed E-state index contributed by atoms with van der Waals surface area (Å²) >= 11 is 0. The molecule has 19 heavy (non-hydrogen) atoms.